The number of hydrogen-bond acceptors (Lipinski definition) is 4. The highest BCUT2D eigenvalue weighted by atomic mass is 16.1. The summed E-state index contributed by atoms with van der Waals surface area (Å²) >= 11 is 0. The van der Waals surface area contributed by atoms with Gasteiger partial charge in [0.2, 0.25) is 0 Å². The van der Waals surface area contributed by atoms with Gasteiger partial charge in [0.15, 0.2) is 0 Å². The predicted molar refractivity (Wildman–Crippen MR) is 81.4 cm³/mol. The van der Waals surface area contributed by atoms with Gasteiger partial charge in [-0.1, -0.05) is 19.1 Å². The van der Waals surface area contributed by atoms with Crippen molar-refractivity contribution in [2.45, 2.75) is 26.3 Å². The van der Waals surface area contributed by atoms with Gasteiger partial charge in [-0.15, -0.1) is 0 Å². The first kappa shape index (κ1) is 13.5. The summed E-state index contributed by atoms with van der Waals surface area (Å²) in [6, 6.07) is 7.00. The summed E-state index contributed by atoms with van der Waals surface area (Å²) < 4.78 is 1.52. The molecule has 3 rings (SSSR count). The minimum Gasteiger partial charge on any atom is -0.321 e. The second-order valence-corrected chi connectivity index (χ2v) is 5.04. The van der Waals surface area contributed by atoms with Crippen LogP contribution in [-0.4, -0.2) is 19.7 Å². The molecular formula is C15H17N5O. The maximum Gasteiger partial charge on any atom is 0.267 e. The summed E-state index contributed by atoms with van der Waals surface area (Å²) in [5.74, 6) is 1.13. The number of para-hydroxylation sites is 1. The first-order valence-electron chi connectivity index (χ1n) is 6.91. The Morgan fingerprint density at radius 2 is 2.19 bits per heavy atom. The Labute approximate surface area is 121 Å². The van der Waals surface area contributed by atoms with E-state index < -0.39 is 0 Å². The van der Waals surface area contributed by atoms with Crippen LogP contribution < -0.4 is 11.3 Å². The van der Waals surface area contributed by atoms with E-state index in [1.807, 2.05) is 26.0 Å². The average Bonchev–Trinajstić information content (AvgIpc) is 3.01. The molecule has 1 unspecified atom stereocenters. The Morgan fingerprint density at radius 1 is 1.38 bits per heavy atom. The molecule has 0 spiro atoms. The van der Waals surface area contributed by atoms with E-state index in [2.05, 4.69) is 15.2 Å². The van der Waals surface area contributed by atoms with Gasteiger partial charge in [0.25, 0.3) is 5.56 Å². The minimum absolute atomic E-state index is 0.133. The Kier molecular flexibility index (Phi) is 3.31. The van der Waals surface area contributed by atoms with E-state index in [0.717, 1.165) is 5.56 Å². The van der Waals surface area contributed by atoms with Crippen LogP contribution >= 0.6 is 0 Å². The van der Waals surface area contributed by atoms with Crippen LogP contribution in [0.1, 0.15) is 30.8 Å². The van der Waals surface area contributed by atoms with Crippen molar-refractivity contribution in [1.29, 1.82) is 0 Å². The zero-order chi connectivity index (χ0) is 15.0. The Hall–Kier alpha value is -2.47. The zero-order valence-electron chi connectivity index (χ0n) is 12.0. The number of benzene rings is 1. The topological polar surface area (TPSA) is 89.6 Å². The molecule has 1 atom stereocenters. The van der Waals surface area contributed by atoms with Crippen molar-refractivity contribution in [2.24, 2.45) is 5.73 Å². The van der Waals surface area contributed by atoms with E-state index in [0.29, 0.717) is 29.0 Å². The maximum atomic E-state index is 12.8. The highest BCUT2D eigenvalue weighted by Gasteiger charge is 2.18. The maximum absolute atomic E-state index is 12.8. The summed E-state index contributed by atoms with van der Waals surface area (Å²) in [6.07, 6.45) is 2.29. The Balaban J connectivity index is 2.44. The first-order valence-corrected chi connectivity index (χ1v) is 6.91. The minimum atomic E-state index is -0.315. The molecule has 3 aromatic rings. The van der Waals surface area contributed by atoms with Crippen molar-refractivity contribution in [3.8, 4) is 5.82 Å². The fourth-order valence-corrected chi connectivity index (χ4v) is 2.41. The molecule has 1 aromatic carbocycles. The number of fused-ring (bicyclic) bond motifs is 1. The average molecular weight is 283 g/mol. The predicted octanol–water partition coefficient (Wildman–Crippen LogP) is 1.83. The van der Waals surface area contributed by atoms with E-state index in [1.165, 1.54) is 4.57 Å². The number of aromatic amines is 1. The molecule has 108 valence electrons. The quantitative estimate of drug-likeness (QED) is 0.767. The SMILES string of the molecule is CCC(N)c1nc2c(C)cccc2c(=O)n1-c1ccn[nH]1. The lowest BCUT2D eigenvalue weighted by molar-refractivity contribution is 0.618. The van der Waals surface area contributed by atoms with Gasteiger partial charge in [-0.05, 0) is 25.0 Å². The van der Waals surface area contributed by atoms with E-state index in [9.17, 15) is 4.79 Å². The second kappa shape index (κ2) is 5.14. The molecule has 21 heavy (non-hydrogen) atoms. The molecule has 0 radical (unpaired) electrons. The Morgan fingerprint density at radius 3 is 2.86 bits per heavy atom. The van der Waals surface area contributed by atoms with Crippen LogP contribution in [0.3, 0.4) is 0 Å². The second-order valence-electron chi connectivity index (χ2n) is 5.04. The number of aromatic nitrogens is 4. The van der Waals surface area contributed by atoms with Crippen molar-refractivity contribution in [3.63, 3.8) is 0 Å². The molecule has 2 aromatic heterocycles. The zero-order valence-corrected chi connectivity index (χ0v) is 12.0. The van der Waals surface area contributed by atoms with Gasteiger partial charge < -0.3 is 5.73 Å². The van der Waals surface area contributed by atoms with E-state index in [-0.39, 0.29) is 11.6 Å². The number of hydrogen-bond donors (Lipinski definition) is 2. The van der Waals surface area contributed by atoms with Crippen LogP contribution in [0.15, 0.2) is 35.3 Å². The number of nitrogens with two attached hydrogens (primary N) is 1. The third-order valence-corrected chi connectivity index (χ3v) is 3.63. The molecule has 0 aliphatic heterocycles. The van der Waals surface area contributed by atoms with E-state index in [1.54, 1.807) is 18.3 Å². The molecule has 0 bridgehead atoms. The van der Waals surface area contributed by atoms with Crippen molar-refractivity contribution in [2.75, 3.05) is 0 Å². The van der Waals surface area contributed by atoms with Gasteiger partial charge in [-0.3, -0.25) is 9.89 Å². The van der Waals surface area contributed by atoms with Crippen LogP contribution in [0.4, 0.5) is 0 Å². The lowest BCUT2D eigenvalue weighted by Crippen LogP contribution is -2.28. The largest absolute Gasteiger partial charge is 0.321 e. The normalized spacial score (nSPS) is 12.7. The van der Waals surface area contributed by atoms with Crippen molar-refractivity contribution in [3.05, 3.63) is 52.2 Å². The molecule has 0 amide bonds. The molecule has 6 heteroatoms. The molecule has 3 N–H and O–H groups in total. The molecule has 6 nitrogen and oxygen atoms in total. The third-order valence-electron chi connectivity index (χ3n) is 3.63. The number of aryl methyl sites for hydroxylation is 1. The van der Waals surface area contributed by atoms with Gasteiger partial charge in [0.1, 0.15) is 11.6 Å². The highest BCUT2D eigenvalue weighted by Crippen LogP contribution is 2.19. The van der Waals surface area contributed by atoms with Gasteiger partial charge >= 0.3 is 0 Å². The Bertz CT molecular complexity index is 835. The van der Waals surface area contributed by atoms with Crippen LogP contribution in [0.25, 0.3) is 16.7 Å². The monoisotopic (exact) mass is 283 g/mol. The molecule has 0 saturated heterocycles. The van der Waals surface area contributed by atoms with Crippen molar-refractivity contribution >= 4 is 10.9 Å². The fraction of sp³-hybridized carbons (Fsp3) is 0.267. The molecule has 2 heterocycles. The number of nitrogens with zero attached hydrogens (tertiary/aromatic N) is 3. The number of H-pyrrole nitrogens is 1. The third kappa shape index (κ3) is 2.13. The van der Waals surface area contributed by atoms with Crippen LogP contribution in [-0.2, 0) is 0 Å². The lowest BCUT2D eigenvalue weighted by Gasteiger charge is -2.16. The summed E-state index contributed by atoms with van der Waals surface area (Å²) in [5.41, 5.74) is 7.69. The van der Waals surface area contributed by atoms with Crippen LogP contribution in [0, 0.1) is 6.92 Å². The standard InChI is InChI=1S/C15H17N5O/c1-3-11(16)14-18-13-9(2)5-4-6-10(13)15(21)20(14)12-7-8-17-19-12/h4-8,11H,3,16H2,1-2H3,(H,17,19). The van der Waals surface area contributed by atoms with Gasteiger partial charge in [-0.2, -0.15) is 5.10 Å². The lowest BCUT2D eigenvalue weighted by atomic mass is 10.1. The molecule has 0 fully saturated rings. The summed E-state index contributed by atoms with van der Waals surface area (Å²) in [4.78, 5) is 17.5. The van der Waals surface area contributed by atoms with Crippen LogP contribution in [0.5, 0.6) is 0 Å². The summed E-state index contributed by atoms with van der Waals surface area (Å²) in [6.45, 7) is 3.91. The van der Waals surface area contributed by atoms with Crippen molar-refractivity contribution < 1.29 is 0 Å². The fourth-order valence-electron chi connectivity index (χ4n) is 2.41. The smallest absolute Gasteiger partial charge is 0.267 e. The first-order chi connectivity index (χ1) is 10.1. The molecule has 0 saturated carbocycles. The summed E-state index contributed by atoms with van der Waals surface area (Å²) in [7, 11) is 0. The van der Waals surface area contributed by atoms with E-state index >= 15 is 0 Å². The molecular weight excluding hydrogens is 266 g/mol. The number of nitrogens with one attached hydrogen (secondary N) is 1. The van der Waals surface area contributed by atoms with Crippen LogP contribution in [0.2, 0.25) is 0 Å². The molecule has 0 aliphatic carbocycles. The summed E-state index contributed by atoms with van der Waals surface area (Å²) in [5, 5.41) is 7.30. The molecule has 0 aliphatic rings. The van der Waals surface area contributed by atoms with Crippen molar-refractivity contribution in [1.82, 2.24) is 19.7 Å². The van der Waals surface area contributed by atoms with E-state index in [4.69, 9.17) is 5.73 Å². The van der Waals surface area contributed by atoms with Gasteiger partial charge in [-0.25, -0.2) is 9.55 Å². The van der Waals surface area contributed by atoms with Gasteiger partial charge in [0, 0.05) is 6.07 Å². The van der Waals surface area contributed by atoms with Gasteiger partial charge in [0.05, 0.1) is 23.1 Å². The number of rotatable bonds is 3. The highest BCUT2D eigenvalue weighted by molar-refractivity contribution is 5.81.